The molecule has 7 rings (SSSR count). The van der Waals surface area contributed by atoms with Gasteiger partial charge in [0.2, 0.25) is 0 Å². The minimum Gasteiger partial charge on any atom is -0.393 e. The van der Waals surface area contributed by atoms with Crippen LogP contribution in [0.3, 0.4) is 0 Å². The van der Waals surface area contributed by atoms with Crippen LogP contribution in [-0.4, -0.2) is 59.6 Å². The van der Waals surface area contributed by atoms with Gasteiger partial charge in [-0.3, -0.25) is 23.7 Å². The lowest BCUT2D eigenvalue weighted by Crippen LogP contribution is -2.33. The number of carbonyl (C=O) groups is 1. The third-order valence-corrected chi connectivity index (χ3v) is 9.93. The molecule has 0 bridgehead atoms. The van der Waals surface area contributed by atoms with Crippen molar-refractivity contribution in [3.8, 4) is 0 Å². The van der Waals surface area contributed by atoms with E-state index in [4.69, 9.17) is 9.47 Å². The maximum atomic E-state index is 12.5. The Bertz CT molecular complexity index is 1740. The van der Waals surface area contributed by atoms with Crippen LogP contribution in [0.4, 0.5) is 5.82 Å². The van der Waals surface area contributed by atoms with Gasteiger partial charge >= 0.3 is 11.4 Å². The number of aromatic nitrogens is 4. The minimum atomic E-state index is -0.476. The van der Waals surface area contributed by atoms with Crippen molar-refractivity contribution in [3.63, 3.8) is 0 Å². The number of benzene rings is 1. The van der Waals surface area contributed by atoms with Crippen LogP contribution in [-0.2, 0) is 9.47 Å². The Morgan fingerprint density at radius 3 is 1.96 bits per heavy atom. The van der Waals surface area contributed by atoms with Gasteiger partial charge in [-0.1, -0.05) is 32.0 Å². The normalized spacial score (nSPS) is 32.8. The first-order valence-corrected chi connectivity index (χ1v) is 15.9. The summed E-state index contributed by atoms with van der Waals surface area (Å²) in [6.07, 6.45) is 4.28. The van der Waals surface area contributed by atoms with Gasteiger partial charge in [-0.05, 0) is 50.7 Å². The van der Waals surface area contributed by atoms with E-state index in [1.54, 1.807) is 44.3 Å². The molecule has 13 heteroatoms. The highest BCUT2D eigenvalue weighted by Crippen LogP contribution is 2.46. The number of anilines is 1. The Labute approximate surface area is 265 Å². The van der Waals surface area contributed by atoms with Crippen molar-refractivity contribution in [2.24, 2.45) is 23.7 Å². The van der Waals surface area contributed by atoms with Crippen LogP contribution in [0.1, 0.15) is 73.5 Å². The maximum Gasteiger partial charge on any atom is 0.351 e. The number of hydrogen-bond acceptors (Lipinski definition) is 9. The quantitative estimate of drug-likeness (QED) is 0.335. The fourth-order valence-corrected chi connectivity index (χ4v) is 7.48. The number of nitrogens with one attached hydrogen (secondary N) is 2. The zero-order valence-corrected chi connectivity index (χ0v) is 26.3. The summed E-state index contributed by atoms with van der Waals surface area (Å²) in [5.41, 5.74) is 0.353. The largest absolute Gasteiger partial charge is 0.393 e. The van der Waals surface area contributed by atoms with Crippen LogP contribution in [0.2, 0.25) is 0 Å². The highest BCUT2D eigenvalue weighted by molar-refractivity contribution is 6.03. The minimum absolute atomic E-state index is 0.000802. The number of ether oxygens (including phenoxy) is 2. The van der Waals surface area contributed by atoms with Gasteiger partial charge in [0.15, 0.2) is 0 Å². The van der Waals surface area contributed by atoms with E-state index in [0.717, 1.165) is 12.8 Å². The Kier molecular flexibility index (Phi) is 8.85. The molecule has 10 atom stereocenters. The number of H-pyrrole nitrogens is 1. The Morgan fingerprint density at radius 1 is 0.848 bits per heavy atom. The van der Waals surface area contributed by atoms with Crippen molar-refractivity contribution in [2.75, 3.05) is 5.32 Å². The molecule has 246 valence electrons. The highest BCUT2D eigenvalue weighted by atomic mass is 16.5. The number of rotatable bonds is 4. The van der Waals surface area contributed by atoms with E-state index >= 15 is 0 Å². The smallest absolute Gasteiger partial charge is 0.351 e. The second-order valence-electron chi connectivity index (χ2n) is 13.2. The van der Waals surface area contributed by atoms with Crippen LogP contribution < -0.4 is 22.3 Å². The van der Waals surface area contributed by atoms with E-state index in [1.807, 2.05) is 6.07 Å². The van der Waals surface area contributed by atoms with E-state index < -0.39 is 23.8 Å². The molecule has 2 aliphatic carbocycles. The first-order chi connectivity index (χ1) is 21.9. The average molecular weight is 636 g/mol. The Hall–Kier alpha value is -3.91. The molecule has 46 heavy (non-hydrogen) atoms. The van der Waals surface area contributed by atoms with Crippen molar-refractivity contribution in [2.45, 2.75) is 90.2 Å². The SMILES string of the molecule is Cc1cn([C@H]2C[C@@H]3[C@H](O2)[C@H](C)C[C@H]3O)c(=O)[nH]c1=O.Cc1cn([C@H]2C[C@@H]3[C@H](O2)[C@H](C)C[C@H]3O)c(=O)nc1NC(=O)c1ccccc1. The van der Waals surface area contributed by atoms with Crippen molar-refractivity contribution in [3.05, 3.63) is 90.7 Å². The number of nitrogens with zero attached hydrogens (tertiary/aromatic N) is 3. The first-order valence-electron chi connectivity index (χ1n) is 15.9. The number of amides is 1. The maximum absolute atomic E-state index is 12.5. The lowest BCUT2D eigenvalue weighted by atomic mass is 10.0. The summed E-state index contributed by atoms with van der Waals surface area (Å²) in [6, 6.07) is 8.77. The molecular formula is C33H41N5O8. The lowest BCUT2D eigenvalue weighted by molar-refractivity contribution is -0.0222. The number of aromatic amines is 1. The van der Waals surface area contributed by atoms with Gasteiger partial charge < -0.3 is 25.0 Å². The van der Waals surface area contributed by atoms with Gasteiger partial charge in [-0.2, -0.15) is 4.98 Å². The van der Waals surface area contributed by atoms with Crippen molar-refractivity contribution in [1.82, 2.24) is 19.1 Å². The van der Waals surface area contributed by atoms with Gasteiger partial charge in [0.05, 0.1) is 24.4 Å². The molecule has 1 amide bonds. The summed E-state index contributed by atoms with van der Waals surface area (Å²) >= 11 is 0. The number of hydrogen-bond donors (Lipinski definition) is 4. The van der Waals surface area contributed by atoms with E-state index in [-0.39, 0.29) is 59.5 Å². The summed E-state index contributed by atoms with van der Waals surface area (Å²) in [6.45, 7) is 7.56. The van der Waals surface area contributed by atoms with E-state index in [0.29, 0.717) is 35.4 Å². The molecule has 3 aromatic rings. The van der Waals surface area contributed by atoms with E-state index in [1.165, 1.54) is 15.3 Å². The molecule has 0 radical (unpaired) electrons. The monoisotopic (exact) mass is 635 g/mol. The molecule has 0 unspecified atom stereocenters. The Morgan fingerprint density at radius 2 is 1.39 bits per heavy atom. The molecule has 13 nitrogen and oxygen atoms in total. The van der Waals surface area contributed by atoms with Gasteiger partial charge in [-0.15, -0.1) is 0 Å². The number of aliphatic hydroxyl groups is 2. The molecule has 2 aliphatic heterocycles. The Balaban J connectivity index is 0.000000172. The molecule has 2 saturated heterocycles. The molecule has 4 fully saturated rings. The summed E-state index contributed by atoms with van der Waals surface area (Å²) in [7, 11) is 0. The zero-order chi connectivity index (χ0) is 32.9. The van der Waals surface area contributed by atoms with Crippen LogP contribution in [0.15, 0.2) is 57.1 Å². The highest BCUT2D eigenvalue weighted by Gasteiger charge is 2.49. The second kappa shape index (κ2) is 12.7. The fraction of sp³-hybridized carbons (Fsp3) is 0.545. The standard InChI is InChI=1S/C20H23N3O4.C13H18N2O4/c1-11-8-15(24)14-9-16(27-17(11)14)23-10-12(2)18(22-20(23)26)21-19(25)13-6-4-3-5-7-13;1-6-3-9(16)8-4-10(19-11(6)8)15-5-7(2)12(17)14-13(15)18/h3-7,10-11,14-17,24H,8-9H2,1-2H3,(H,21,22,25,26);5-6,8-11,16H,3-4H2,1-2H3,(H,14,17,18)/t11-,14+,15-,16-,17-;6-,8+,9-,10-,11-/m11/s1. The van der Waals surface area contributed by atoms with Gasteiger partial charge in [-0.25, -0.2) is 9.59 Å². The third kappa shape index (κ3) is 6.11. The summed E-state index contributed by atoms with van der Waals surface area (Å²) in [4.78, 5) is 54.4. The molecule has 4 heterocycles. The lowest BCUT2D eigenvalue weighted by Gasteiger charge is -2.19. The van der Waals surface area contributed by atoms with Crippen molar-refractivity contribution < 1.29 is 24.5 Å². The molecular weight excluding hydrogens is 594 g/mol. The second-order valence-corrected chi connectivity index (χ2v) is 13.2. The topological polar surface area (TPSA) is 178 Å². The van der Waals surface area contributed by atoms with Crippen molar-refractivity contribution >= 4 is 11.7 Å². The van der Waals surface area contributed by atoms with Gasteiger partial charge in [0, 0.05) is 53.8 Å². The predicted octanol–water partition coefficient (Wildman–Crippen LogP) is 2.26. The number of aryl methyl sites for hydroxylation is 2. The molecule has 2 aromatic heterocycles. The molecule has 0 spiro atoms. The molecule has 1 aromatic carbocycles. The molecule has 4 aliphatic rings. The zero-order valence-electron chi connectivity index (χ0n) is 26.3. The first kappa shape index (κ1) is 32.0. The van der Waals surface area contributed by atoms with Crippen molar-refractivity contribution in [1.29, 1.82) is 0 Å². The summed E-state index contributed by atoms with van der Waals surface area (Å²) in [5.74, 6) is 0.631. The van der Waals surface area contributed by atoms with Crippen LogP contribution in [0.5, 0.6) is 0 Å². The third-order valence-electron chi connectivity index (χ3n) is 9.93. The number of carbonyl (C=O) groups excluding carboxylic acids is 1. The number of aliphatic hydroxyl groups excluding tert-OH is 2. The average Bonchev–Trinajstić information content (AvgIpc) is 3.77. The molecule has 4 N–H and O–H groups in total. The summed E-state index contributed by atoms with van der Waals surface area (Å²) in [5, 5.41) is 22.9. The van der Waals surface area contributed by atoms with Crippen LogP contribution in [0.25, 0.3) is 0 Å². The van der Waals surface area contributed by atoms with Gasteiger partial charge in [0.25, 0.3) is 11.5 Å². The summed E-state index contributed by atoms with van der Waals surface area (Å²) < 4.78 is 14.9. The van der Waals surface area contributed by atoms with Gasteiger partial charge in [0.1, 0.15) is 18.3 Å². The van der Waals surface area contributed by atoms with Crippen LogP contribution in [0, 0.1) is 37.5 Å². The molecule has 2 saturated carbocycles. The van der Waals surface area contributed by atoms with Crippen LogP contribution >= 0.6 is 0 Å². The van der Waals surface area contributed by atoms with E-state index in [9.17, 15) is 29.4 Å². The number of fused-ring (bicyclic) bond motifs is 2. The van der Waals surface area contributed by atoms with E-state index in [2.05, 4.69) is 29.1 Å². The fourth-order valence-electron chi connectivity index (χ4n) is 7.48. The predicted molar refractivity (Wildman–Crippen MR) is 167 cm³/mol.